The van der Waals surface area contributed by atoms with Gasteiger partial charge in [-0.1, -0.05) is 0 Å². The fraction of sp³-hybridized carbons (Fsp3) is 0.154. The molecule has 0 aliphatic carbocycles. The van der Waals surface area contributed by atoms with Gasteiger partial charge in [0.1, 0.15) is 24.5 Å². The molecular weight excluding hydrogens is 325 g/mol. The number of aromatic hydroxyl groups is 1. The summed E-state index contributed by atoms with van der Waals surface area (Å²) in [4.78, 5) is 11.3. The topological polar surface area (TPSA) is 111 Å². The minimum absolute atomic E-state index is 0.0150. The molecule has 23 heavy (non-hydrogen) atoms. The van der Waals surface area contributed by atoms with E-state index in [-0.39, 0.29) is 24.3 Å². The van der Waals surface area contributed by atoms with Gasteiger partial charge in [0.05, 0.1) is 12.3 Å². The molecule has 1 aliphatic heterocycles. The number of phenolic OH excluding ortho intramolecular Hbond substituents is 1. The Morgan fingerprint density at radius 3 is 2.96 bits per heavy atom. The summed E-state index contributed by atoms with van der Waals surface area (Å²) in [7, 11) is 0. The number of phenols is 1. The molecule has 0 bridgehead atoms. The van der Waals surface area contributed by atoms with Gasteiger partial charge in [0.25, 0.3) is 5.91 Å². The first-order valence-electron chi connectivity index (χ1n) is 6.41. The number of nitriles is 1. The van der Waals surface area contributed by atoms with Gasteiger partial charge in [0.2, 0.25) is 11.2 Å². The molecule has 2 N–H and O–H groups in total. The van der Waals surface area contributed by atoms with Gasteiger partial charge in [-0.15, -0.1) is 0 Å². The molecule has 1 aromatic carbocycles. The third-order valence-electron chi connectivity index (χ3n) is 3.21. The first kappa shape index (κ1) is 15.0. The highest BCUT2D eigenvalue weighted by Crippen LogP contribution is 2.37. The van der Waals surface area contributed by atoms with Gasteiger partial charge >= 0.3 is 0 Å². The second kappa shape index (κ2) is 5.69. The first-order valence-corrected chi connectivity index (χ1v) is 7.52. The van der Waals surface area contributed by atoms with E-state index in [1.54, 1.807) is 0 Å². The molecule has 0 saturated carbocycles. The minimum atomic E-state index is -1.95. The van der Waals surface area contributed by atoms with Crippen LogP contribution in [0.15, 0.2) is 24.5 Å². The summed E-state index contributed by atoms with van der Waals surface area (Å²) in [6, 6.07) is 4.50. The van der Waals surface area contributed by atoms with Crippen LogP contribution in [0.2, 0.25) is 0 Å². The number of hydrogen-bond acceptors (Lipinski definition) is 5. The minimum Gasteiger partial charge on any atom is -0.506 e. The van der Waals surface area contributed by atoms with Crippen LogP contribution in [0.1, 0.15) is 0 Å². The Morgan fingerprint density at radius 1 is 1.52 bits per heavy atom. The van der Waals surface area contributed by atoms with Gasteiger partial charge < -0.3 is 5.11 Å². The molecule has 1 unspecified atom stereocenters. The van der Waals surface area contributed by atoms with E-state index in [2.05, 4.69) is 9.82 Å². The smallest absolute Gasteiger partial charge is 0.253 e. The summed E-state index contributed by atoms with van der Waals surface area (Å²) in [5.74, 6) is -1.79. The number of anilines is 1. The molecule has 2 heterocycles. The van der Waals surface area contributed by atoms with E-state index in [9.17, 15) is 18.5 Å². The number of amides is 1. The number of hydrogen-bond donors (Lipinski definition) is 2. The Bertz CT molecular complexity index is 860. The average Bonchev–Trinajstić information content (AvgIpc) is 3.07. The highest BCUT2D eigenvalue weighted by Gasteiger charge is 2.32. The average molecular weight is 335 g/mol. The summed E-state index contributed by atoms with van der Waals surface area (Å²) in [6.45, 7) is -0.310. The molecule has 1 aliphatic rings. The third kappa shape index (κ3) is 2.62. The number of benzene rings is 1. The molecule has 0 radical (unpaired) electrons. The molecule has 10 heteroatoms. The summed E-state index contributed by atoms with van der Waals surface area (Å²) in [5.41, 5.74) is 0.175. The lowest BCUT2D eigenvalue weighted by molar-refractivity contribution is -0.117. The fourth-order valence-corrected chi connectivity index (χ4v) is 3.16. The number of carbonyl (C=O) groups excluding carboxylic acids is 1. The maximum Gasteiger partial charge on any atom is 0.253 e. The van der Waals surface area contributed by atoms with Crippen molar-refractivity contribution in [3.63, 3.8) is 0 Å². The van der Waals surface area contributed by atoms with Crippen LogP contribution >= 0.6 is 0 Å². The van der Waals surface area contributed by atoms with Gasteiger partial charge in [-0.25, -0.2) is 8.60 Å². The van der Waals surface area contributed by atoms with Crippen LogP contribution in [0, 0.1) is 17.1 Å². The van der Waals surface area contributed by atoms with Crippen molar-refractivity contribution in [2.24, 2.45) is 0 Å². The molecule has 3 rings (SSSR count). The van der Waals surface area contributed by atoms with Crippen LogP contribution in [0.4, 0.5) is 10.1 Å². The van der Waals surface area contributed by atoms with Crippen LogP contribution in [-0.2, 0) is 22.5 Å². The van der Waals surface area contributed by atoms with Gasteiger partial charge in [0.15, 0.2) is 5.82 Å². The number of aromatic nitrogens is 2. The monoisotopic (exact) mass is 335 g/mol. The lowest BCUT2D eigenvalue weighted by atomic mass is 10.1. The largest absolute Gasteiger partial charge is 0.506 e. The van der Waals surface area contributed by atoms with Gasteiger partial charge in [-0.3, -0.25) is 18.5 Å². The second-order valence-corrected chi connectivity index (χ2v) is 5.83. The molecule has 8 nitrogen and oxygen atoms in total. The SMILES string of the molecule is N#CCn1cc(-c2ccc(O)c(N3CC(=O)NS3=O)c2F)cn1. The second-order valence-electron chi connectivity index (χ2n) is 4.69. The summed E-state index contributed by atoms with van der Waals surface area (Å²) in [6.07, 6.45) is 2.85. The molecule has 1 atom stereocenters. The van der Waals surface area contributed by atoms with Crippen molar-refractivity contribution in [2.45, 2.75) is 6.54 Å². The molecule has 118 valence electrons. The van der Waals surface area contributed by atoms with Gasteiger partial charge in [-0.05, 0) is 12.1 Å². The predicted molar refractivity (Wildman–Crippen MR) is 78.5 cm³/mol. The third-order valence-corrected chi connectivity index (χ3v) is 4.32. The van der Waals surface area contributed by atoms with Gasteiger partial charge in [0, 0.05) is 17.3 Å². The van der Waals surface area contributed by atoms with Crippen molar-refractivity contribution in [3.05, 3.63) is 30.3 Å². The van der Waals surface area contributed by atoms with Gasteiger partial charge in [-0.2, -0.15) is 10.4 Å². The summed E-state index contributed by atoms with van der Waals surface area (Å²) < 4.78 is 31.0. The number of halogens is 1. The zero-order valence-electron chi connectivity index (χ0n) is 11.6. The maximum absolute atomic E-state index is 14.8. The first-order chi connectivity index (χ1) is 11.0. The maximum atomic E-state index is 14.8. The zero-order chi connectivity index (χ0) is 16.6. The Morgan fingerprint density at radius 2 is 2.30 bits per heavy atom. The number of carbonyl (C=O) groups is 1. The standard InChI is InChI=1S/C13H10FN5O3S/c14-12-9(8-5-16-18(6-8)4-3-15)1-2-10(20)13(12)19-7-11(21)17-23(19)22/h1-2,5-6,20H,4,7H2,(H,17,21). The zero-order valence-corrected chi connectivity index (χ0v) is 12.4. The van der Waals surface area contributed by atoms with Crippen molar-refractivity contribution in [1.29, 1.82) is 5.26 Å². The number of nitrogens with zero attached hydrogens (tertiary/aromatic N) is 4. The van der Waals surface area contributed by atoms with E-state index in [0.29, 0.717) is 5.56 Å². The highest BCUT2D eigenvalue weighted by atomic mass is 32.2. The van der Waals surface area contributed by atoms with E-state index in [1.165, 1.54) is 29.2 Å². The predicted octanol–water partition coefficient (Wildman–Crippen LogP) is 0.433. The number of nitrogens with one attached hydrogen (secondary N) is 1. The van der Waals surface area contributed by atoms with Crippen LogP contribution in [0.5, 0.6) is 5.75 Å². The summed E-state index contributed by atoms with van der Waals surface area (Å²) in [5, 5.41) is 22.5. The van der Waals surface area contributed by atoms with Crippen molar-refractivity contribution < 1.29 is 18.5 Å². The highest BCUT2D eigenvalue weighted by molar-refractivity contribution is 7.85. The fourth-order valence-electron chi connectivity index (χ4n) is 2.21. The van der Waals surface area contributed by atoms with Crippen molar-refractivity contribution in [3.8, 4) is 22.9 Å². The Balaban J connectivity index is 2.07. The van der Waals surface area contributed by atoms with E-state index >= 15 is 0 Å². The van der Waals surface area contributed by atoms with Crippen LogP contribution < -0.4 is 9.03 Å². The lowest BCUT2D eigenvalue weighted by Gasteiger charge is -2.17. The molecule has 1 amide bonds. The van der Waals surface area contributed by atoms with E-state index in [1.807, 2.05) is 6.07 Å². The Kier molecular flexibility index (Phi) is 3.71. The molecule has 0 spiro atoms. The van der Waals surface area contributed by atoms with Crippen molar-refractivity contribution in [2.75, 3.05) is 10.8 Å². The van der Waals surface area contributed by atoms with E-state index < -0.39 is 28.6 Å². The van der Waals surface area contributed by atoms with Crippen molar-refractivity contribution >= 4 is 22.8 Å². The normalized spacial score (nSPS) is 17.1. The van der Waals surface area contributed by atoms with Crippen LogP contribution in [0.25, 0.3) is 11.1 Å². The van der Waals surface area contributed by atoms with Crippen LogP contribution in [-0.4, -0.2) is 31.5 Å². The molecule has 2 aromatic rings. The summed E-state index contributed by atoms with van der Waals surface area (Å²) >= 11 is -1.95. The molecule has 1 aromatic heterocycles. The van der Waals surface area contributed by atoms with E-state index in [4.69, 9.17) is 5.26 Å². The molecule has 1 saturated heterocycles. The lowest BCUT2D eigenvalue weighted by Crippen LogP contribution is -2.23. The molecular formula is C13H10FN5O3S. The Hall–Kier alpha value is -2.93. The molecule has 1 fully saturated rings. The van der Waals surface area contributed by atoms with Crippen LogP contribution in [0.3, 0.4) is 0 Å². The van der Waals surface area contributed by atoms with E-state index in [0.717, 1.165) is 4.31 Å². The van der Waals surface area contributed by atoms with Crippen molar-refractivity contribution in [1.82, 2.24) is 14.5 Å². The Labute approximate surface area is 132 Å². The quantitative estimate of drug-likeness (QED) is 0.845. The number of rotatable bonds is 3.